The minimum atomic E-state index is -0.833. The Morgan fingerprint density at radius 3 is 0.556 bits per heavy atom. The van der Waals surface area contributed by atoms with Gasteiger partial charge in [-0.25, -0.2) is 0 Å². The molecule has 0 aliphatic heterocycles. The maximum absolute atomic E-state index is 9.00. The molecule has 0 bridgehead atoms. The summed E-state index contributed by atoms with van der Waals surface area (Å²) in [5.41, 5.74) is 4.85. The molecule has 0 atom stereocenters. The fourth-order valence-electron chi connectivity index (χ4n) is 0. The van der Waals surface area contributed by atoms with E-state index in [9.17, 15) is 0 Å². The molecule has 11 nitrogen and oxygen atoms in total. The highest BCUT2D eigenvalue weighted by Crippen LogP contribution is 1.43. The van der Waals surface area contributed by atoms with Crippen LogP contribution in [-0.2, 0) is 24.0 Å². The first kappa shape index (κ1) is 49.6. The first-order chi connectivity index (χ1) is 12.1. The number of hydrogen-bond donors (Lipinski definition) is 6. The van der Waals surface area contributed by atoms with Gasteiger partial charge in [-0.1, -0.05) is 6.92 Å². The van der Waals surface area contributed by atoms with Crippen LogP contribution in [0.3, 0.4) is 0 Å². The number of carbonyl (C=O) groups is 5. The molecule has 0 amide bonds. The number of nitrogens with two attached hydrogens (primary N) is 1. The van der Waals surface area contributed by atoms with Gasteiger partial charge in [-0.3, -0.25) is 24.0 Å². The van der Waals surface area contributed by atoms with Crippen molar-refractivity contribution in [2.45, 2.75) is 41.5 Å². The lowest BCUT2D eigenvalue weighted by molar-refractivity contribution is -0.135. The van der Waals surface area contributed by atoms with Crippen LogP contribution in [0.2, 0.25) is 0 Å². The molecule has 0 rings (SSSR count). The van der Waals surface area contributed by atoms with E-state index in [1.807, 2.05) is 6.92 Å². The lowest BCUT2D eigenvalue weighted by atomic mass is 10.8. The Kier molecular flexibility index (Phi) is 121. The molecule has 0 radical (unpaired) electrons. The van der Waals surface area contributed by atoms with E-state index in [4.69, 9.17) is 55.2 Å². The summed E-state index contributed by atoms with van der Waals surface area (Å²) >= 11 is 0. The second-order valence-electron chi connectivity index (χ2n) is 3.00. The molecule has 0 aliphatic carbocycles. The molecular weight excluding hydrogens is 366 g/mol. The fourth-order valence-corrected chi connectivity index (χ4v) is 0. The zero-order valence-corrected chi connectivity index (χ0v) is 16.9. The van der Waals surface area contributed by atoms with E-state index < -0.39 is 29.8 Å². The van der Waals surface area contributed by atoms with E-state index in [1.165, 1.54) is 0 Å². The number of hydrogen-bond acceptors (Lipinski definition) is 6. The highest BCUT2D eigenvalue weighted by molar-refractivity contribution is 5.63. The summed E-state index contributed by atoms with van der Waals surface area (Å²) in [5, 5.41) is 37.1. The predicted octanol–water partition coefficient (Wildman–Crippen LogP) is 2.02. The fraction of sp³-hybridized carbons (Fsp3) is 0.438. The zero-order valence-electron chi connectivity index (χ0n) is 16.9. The number of aliphatic carboxylic acids is 5. The first-order valence-corrected chi connectivity index (χ1v) is 6.75. The quantitative estimate of drug-likeness (QED) is 0.323. The Balaban J connectivity index is -0.0000000258. The van der Waals surface area contributed by atoms with Crippen molar-refractivity contribution in [1.29, 1.82) is 0 Å². The van der Waals surface area contributed by atoms with Gasteiger partial charge in [-0.05, 0) is 6.54 Å². The van der Waals surface area contributed by atoms with Crippen LogP contribution in [0.15, 0.2) is 26.3 Å². The normalized spacial score (nSPS) is 5.59. The second kappa shape index (κ2) is 66.1. The van der Waals surface area contributed by atoms with Crippen molar-refractivity contribution in [3.05, 3.63) is 26.3 Å². The summed E-state index contributed by atoms with van der Waals surface area (Å²) in [6.07, 6.45) is 0. The van der Waals surface area contributed by atoms with Gasteiger partial charge in [0.25, 0.3) is 29.8 Å². The van der Waals surface area contributed by atoms with Gasteiger partial charge in [0.05, 0.1) is 0 Å². The van der Waals surface area contributed by atoms with E-state index in [1.54, 1.807) is 0 Å². The van der Waals surface area contributed by atoms with Crippen LogP contribution >= 0.6 is 0 Å². The van der Waals surface area contributed by atoms with Crippen LogP contribution in [-0.4, -0.2) is 61.9 Å². The monoisotopic (exact) mass is 401 g/mol. The minimum absolute atomic E-state index is 0.750. The van der Waals surface area contributed by atoms with Crippen molar-refractivity contribution in [1.82, 2.24) is 0 Å². The lowest BCUT2D eigenvalue weighted by Gasteiger charge is -1.59. The minimum Gasteiger partial charge on any atom is -0.481 e. The van der Waals surface area contributed by atoms with E-state index in [0.717, 1.165) is 41.2 Å². The van der Waals surface area contributed by atoms with E-state index >= 15 is 0 Å². The van der Waals surface area contributed by atoms with Gasteiger partial charge in [0.1, 0.15) is 0 Å². The number of carboxylic acids is 5. The standard InChI is InChI=1S/C2H7N.5C2H4O2.2C2H4/c1-2-3;5*1-2(3)4;2*1-2/h2-3H2,1H3;5*1H3,(H,3,4);2*1-2H2. The van der Waals surface area contributed by atoms with Crippen LogP contribution in [0.1, 0.15) is 41.5 Å². The van der Waals surface area contributed by atoms with Crippen molar-refractivity contribution in [3.63, 3.8) is 0 Å². The van der Waals surface area contributed by atoms with Gasteiger partial charge >= 0.3 is 0 Å². The Bertz CT molecular complexity index is 252. The molecule has 0 heterocycles. The Morgan fingerprint density at radius 2 is 0.556 bits per heavy atom. The van der Waals surface area contributed by atoms with Gasteiger partial charge in [-0.2, -0.15) is 0 Å². The summed E-state index contributed by atoms with van der Waals surface area (Å²) in [6.45, 7) is 20.1. The van der Waals surface area contributed by atoms with Crippen molar-refractivity contribution in [3.8, 4) is 0 Å². The highest BCUT2D eigenvalue weighted by Gasteiger charge is 1.67. The van der Waals surface area contributed by atoms with Crippen LogP contribution in [0.4, 0.5) is 0 Å². The van der Waals surface area contributed by atoms with Crippen LogP contribution in [0.5, 0.6) is 0 Å². The molecule has 0 saturated carbocycles. The molecular formula is C16H35NO10. The SMILES string of the molecule is C=C.C=C.CC(=O)O.CC(=O)O.CC(=O)O.CC(=O)O.CC(=O)O.CCN. The largest absolute Gasteiger partial charge is 0.481 e. The molecule has 0 saturated heterocycles. The first-order valence-electron chi connectivity index (χ1n) is 6.75. The summed E-state index contributed by atoms with van der Waals surface area (Å²) < 4.78 is 0. The molecule has 0 aromatic heterocycles. The van der Waals surface area contributed by atoms with Gasteiger partial charge < -0.3 is 31.3 Å². The van der Waals surface area contributed by atoms with Crippen molar-refractivity contribution in [2.75, 3.05) is 6.54 Å². The topological polar surface area (TPSA) is 213 Å². The van der Waals surface area contributed by atoms with Gasteiger partial charge in [0, 0.05) is 34.6 Å². The Morgan fingerprint density at radius 1 is 0.556 bits per heavy atom. The Labute approximate surface area is 160 Å². The molecule has 0 spiro atoms. The van der Waals surface area contributed by atoms with Gasteiger partial charge in [0.15, 0.2) is 0 Å². The van der Waals surface area contributed by atoms with E-state index in [-0.39, 0.29) is 0 Å². The average molecular weight is 401 g/mol. The molecule has 164 valence electrons. The maximum atomic E-state index is 9.00. The molecule has 27 heavy (non-hydrogen) atoms. The second-order valence-corrected chi connectivity index (χ2v) is 3.00. The van der Waals surface area contributed by atoms with Crippen molar-refractivity contribution >= 4 is 29.8 Å². The van der Waals surface area contributed by atoms with Gasteiger partial charge in [0.2, 0.25) is 0 Å². The van der Waals surface area contributed by atoms with Crippen LogP contribution in [0.25, 0.3) is 0 Å². The molecule has 0 fully saturated rings. The third-order valence-corrected chi connectivity index (χ3v) is 0. The predicted molar refractivity (Wildman–Crippen MR) is 104 cm³/mol. The molecule has 7 N–H and O–H groups in total. The maximum Gasteiger partial charge on any atom is 0.300 e. The highest BCUT2D eigenvalue weighted by atomic mass is 16.4. The van der Waals surface area contributed by atoms with Crippen LogP contribution < -0.4 is 5.73 Å². The summed E-state index contributed by atoms with van der Waals surface area (Å²) in [5.74, 6) is -4.17. The summed E-state index contributed by atoms with van der Waals surface area (Å²) in [7, 11) is 0. The summed E-state index contributed by atoms with van der Waals surface area (Å²) in [4.78, 5) is 45.0. The van der Waals surface area contributed by atoms with Crippen molar-refractivity contribution < 1.29 is 49.5 Å². The van der Waals surface area contributed by atoms with E-state index in [2.05, 4.69) is 26.3 Å². The van der Waals surface area contributed by atoms with Gasteiger partial charge in [-0.15, -0.1) is 26.3 Å². The molecule has 0 aromatic rings. The molecule has 0 unspecified atom stereocenters. The smallest absolute Gasteiger partial charge is 0.300 e. The van der Waals surface area contributed by atoms with E-state index in [0.29, 0.717) is 0 Å². The lowest BCUT2D eigenvalue weighted by Crippen LogP contribution is -1.87. The number of rotatable bonds is 0. The molecule has 0 aliphatic rings. The third-order valence-electron chi connectivity index (χ3n) is 0. The molecule has 11 heteroatoms. The summed E-state index contributed by atoms with van der Waals surface area (Å²) in [6, 6.07) is 0. The molecule has 0 aromatic carbocycles. The zero-order chi connectivity index (χ0) is 24.6. The van der Waals surface area contributed by atoms with Crippen LogP contribution in [0, 0.1) is 0 Å². The Hall–Kier alpha value is -3.21. The van der Waals surface area contributed by atoms with Crippen molar-refractivity contribution in [2.24, 2.45) is 5.73 Å². The number of carboxylic acid groups (broad SMARTS) is 5. The third kappa shape index (κ3) is 956. The average Bonchev–Trinajstić information content (AvgIpc) is 2.40.